The minimum absolute atomic E-state index is 0. The molecular formula is C20H41BrN2O2. The Morgan fingerprint density at radius 3 is 1.20 bits per heavy atom. The topological polar surface area (TPSA) is 40.1 Å². The quantitative estimate of drug-likeness (QED) is 0.419. The summed E-state index contributed by atoms with van der Waals surface area (Å²) in [5.74, 6) is -1.08. The third kappa shape index (κ3) is 17.7. The SMILES string of the molecule is C=C[N+](C)(CC)CC.C=C[N+](C)(CC)CC.CCC=C(C)C(=O)[O-].[Br-]. The maximum absolute atomic E-state index is 9.91. The Hall–Kier alpha value is -0.910. The molecule has 0 radical (unpaired) electrons. The van der Waals surface area contributed by atoms with Crippen molar-refractivity contribution in [3.05, 3.63) is 37.2 Å². The molecule has 0 aliphatic rings. The molecule has 0 N–H and O–H groups in total. The molecule has 0 unspecified atom stereocenters. The van der Waals surface area contributed by atoms with E-state index >= 15 is 0 Å². The van der Waals surface area contributed by atoms with E-state index < -0.39 is 5.97 Å². The van der Waals surface area contributed by atoms with Crippen LogP contribution in [-0.2, 0) is 4.79 Å². The van der Waals surface area contributed by atoms with Gasteiger partial charge in [-0.1, -0.05) is 13.0 Å². The van der Waals surface area contributed by atoms with Gasteiger partial charge in [0.15, 0.2) is 0 Å². The predicted molar refractivity (Wildman–Crippen MR) is 104 cm³/mol. The molecule has 25 heavy (non-hydrogen) atoms. The molecule has 0 amide bonds. The van der Waals surface area contributed by atoms with Gasteiger partial charge in [0.2, 0.25) is 0 Å². The van der Waals surface area contributed by atoms with E-state index in [9.17, 15) is 9.90 Å². The van der Waals surface area contributed by atoms with Gasteiger partial charge in [0.25, 0.3) is 0 Å². The first kappa shape index (κ1) is 31.8. The fourth-order valence-corrected chi connectivity index (χ4v) is 1.35. The molecule has 0 aliphatic heterocycles. The summed E-state index contributed by atoms with van der Waals surface area (Å²) >= 11 is 0. The van der Waals surface area contributed by atoms with E-state index in [2.05, 4.69) is 54.9 Å². The first-order valence-electron chi connectivity index (χ1n) is 8.88. The second kappa shape index (κ2) is 17.9. The number of carbonyl (C=O) groups excluding carboxylic acids is 1. The van der Waals surface area contributed by atoms with Crippen LogP contribution in [0.5, 0.6) is 0 Å². The van der Waals surface area contributed by atoms with E-state index in [4.69, 9.17) is 0 Å². The number of nitrogens with zero attached hydrogens (tertiary/aromatic N) is 2. The van der Waals surface area contributed by atoms with E-state index in [1.165, 1.54) is 6.92 Å². The lowest BCUT2D eigenvalue weighted by atomic mass is 10.2. The molecule has 5 heteroatoms. The highest BCUT2D eigenvalue weighted by Gasteiger charge is 2.09. The maximum Gasteiger partial charge on any atom is 0.0883 e. The van der Waals surface area contributed by atoms with Crippen LogP contribution in [0.25, 0.3) is 0 Å². The monoisotopic (exact) mass is 420 g/mol. The van der Waals surface area contributed by atoms with Crippen LogP contribution in [0.3, 0.4) is 0 Å². The largest absolute Gasteiger partial charge is 1.00 e. The zero-order valence-electron chi connectivity index (χ0n) is 17.8. The van der Waals surface area contributed by atoms with Gasteiger partial charge >= 0.3 is 0 Å². The number of aliphatic carboxylic acids is 1. The number of quaternary nitrogens is 2. The van der Waals surface area contributed by atoms with Gasteiger partial charge in [-0.05, 0) is 59.8 Å². The summed E-state index contributed by atoms with van der Waals surface area (Å²) in [4.78, 5) is 9.91. The Kier molecular flexibility index (Phi) is 22.8. The van der Waals surface area contributed by atoms with Crippen molar-refractivity contribution in [1.29, 1.82) is 0 Å². The number of hydrogen-bond donors (Lipinski definition) is 0. The van der Waals surface area contributed by atoms with Crippen molar-refractivity contribution < 1.29 is 35.8 Å². The van der Waals surface area contributed by atoms with Gasteiger partial charge in [0.05, 0.1) is 58.6 Å². The van der Waals surface area contributed by atoms with E-state index in [1.54, 1.807) is 6.08 Å². The Labute approximate surface area is 167 Å². The minimum atomic E-state index is -1.08. The highest BCUT2D eigenvalue weighted by molar-refractivity contribution is 5.83. The van der Waals surface area contributed by atoms with Crippen molar-refractivity contribution in [2.24, 2.45) is 0 Å². The number of carboxylic acid groups (broad SMARTS) is 1. The standard InChI is InChI=1S/2C7H16N.C6H10O2.BrH/c2*1-5-8(4,6-2)7-3;1-3-4-5(2)6(7)8;/h2*5H,1,6-7H2,2-4H3;4H,3H2,1-2H3,(H,7,8);1H/q2*+1;;/p-2. The number of rotatable bonds is 8. The van der Waals surface area contributed by atoms with E-state index in [0.29, 0.717) is 5.57 Å². The maximum atomic E-state index is 9.91. The van der Waals surface area contributed by atoms with Crippen LogP contribution in [-0.4, -0.2) is 55.2 Å². The Balaban J connectivity index is -0.000000130. The summed E-state index contributed by atoms with van der Waals surface area (Å²) in [5, 5.41) is 9.91. The molecule has 0 atom stereocenters. The zero-order valence-corrected chi connectivity index (χ0v) is 19.4. The molecule has 0 aromatic rings. The van der Waals surface area contributed by atoms with Gasteiger partial charge in [0, 0.05) is 0 Å². The van der Waals surface area contributed by atoms with Crippen LogP contribution in [0, 0.1) is 0 Å². The Bertz CT molecular complexity index is 363. The molecule has 0 heterocycles. The van der Waals surface area contributed by atoms with Crippen LogP contribution >= 0.6 is 0 Å². The second-order valence-corrected chi connectivity index (χ2v) is 6.17. The number of halogens is 1. The molecule has 0 rings (SSSR count). The van der Waals surface area contributed by atoms with E-state index in [1.807, 2.05) is 19.3 Å². The molecule has 0 spiro atoms. The molecule has 0 aromatic carbocycles. The number of hydrogen-bond acceptors (Lipinski definition) is 2. The first-order chi connectivity index (χ1) is 11.0. The third-order valence-electron chi connectivity index (χ3n) is 4.60. The van der Waals surface area contributed by atoms with Crippen LogP contribution in [0.15, 0.2) is 37.2 Å². The summed E-state index contributed by atoms with van der Waals surface area (Å²) in [7, 11) is 4.35. The van der Waals surface area contributed by atoms with Crippen molar-refractivity contribution in [2.45, 2.75) is 48.0 Å². The van der Waals surface area contributed by atoms with Crippen LogP contribution in [0.2, 0.25) is 0 Å². The zero-order chi connectivity index (χ0) is 19.8. The van der Waals surface area contributed by atoms with Gasteiger partial charge in [-0.3, -0.25) is 0 Å². The normalized spacial score (nSPS) is 11.0. The molecule has 0 saturated heterocycles. The molecule has 0 saturated carbocycles. The highest BCUT2D eigenvalue weighted by atomic mass is 79.9. The summed E-state index contributed by atoms with van der Waals surface area (Å²) in [6.07, 6.45) is 6.34. The average molecular weight is 421 g/mol. The molecule has 4 nitrogen and oxygen atoms in total. The Morgan fingerprint density at radius 2 is 1.16 bits per heavy atom. The van der Waals surface area contributed by atoms with Crippen LogP contribution in [0.4, 0.5) is 0 Å². The van der Waals surface area contributed by atoms with Crippen molar-refractivity contribution in [2.75, 3.05) is 40.3 Å². The molecule has 0 bridgehead atoms. The summed E-state index contributed by atoms with van der Waals surface area (Å²) in [6.45, 7) is 24.1. The fourth-order valence-electron chi connectivity index (χ4n) is 1.35. The molecular weight excluding hydrogens is 380 g/mol. The van der Waals surface area contributed by atoms with E-state index in [-0.39, 0.29) is 17.0 Å². The van der Waals surface area contributed by atoms with Crippen molar-refractivity contribution in [3.8, 4) is 0 Å². The summed E-state index contributed by atoms with van der Waals surface area (Å²) in [6, 6.07) is 0. The van der Waals surface area contributed by atoms with Gasteiger partial charge in [-0.15, -0.1) is 0 Å². The lowest BCUT2D eigenvalue weighted by Crippen LogP contribution is -3.00. The number of carboxylic acids is 1. The van der Waals surface area contributed by atoms with Gasteiger partial charge in [-0.25, -0.2) is 0 Å². The molecule has 150 valence electrons. The van der Waals surface area contributed by atoms with Gasteiger partial charge < -0.3 is 35.8 Å². The fraction of sp³-hybridized carbons (Fsp3) is 0.650. The number of allylic oxidation sites excluding steroid dienone is 1. The number of carbonyl (C=O) groups is 1. The lowest BCUT2D eigenvalue weighted by molar-refractivity contribution is -0.855. The average Bonchev–Trinajstić information content (AvgIpc) is 2.61. The molecule has 0 fully saturated rings. The van der Waals surface area contributed by atoms with Crippen molar-refractivity contribution >= 4 is 5.97 Å². The Morgan fingerprint density at radius 1 is 0.880 bits per heavy atom. The highest BCUT2D eigenvalue weighted by Crippen LogP contribution is 1.99. The van der Waals surface area contributed by atoms with Crippen LogP contribution < -0.4 is 22.1 Å². The van der Waals surface area contributed by atoms with Gasteiger partial charge in [-0.2, -0.15) is 0 Å². The van der Waals surface area contributed by atoms with Crippen molar-refractivity contribution in [3.63, 3.8) is 0 Å². The third-order valence-corrected chi connectivity index (χ3v) is 4.60. The lowest BCUT2D eigenvalue weighted by Gasteiger charge is -2.26. The van der Waals surface area contributed by atoms with E-state index in [0.717, 1.165) is 41.6 Å². The second-order valence-electron chi connectivity index (χ2n) is 6.17. The minimum Gasteiger partial charge on any atom is -1.00 e. The molecule has 0 aromatic heterocycles. The van der Waals surface area contributed by atoms with Crippen LogP contribution in [0.1, 0.15) is 48.0 Å². The smallest absolute Gasteiger partial charge is 0.0883 e. The van der Waals surface area contributed by atoms with Crippen molar-refractivity contribution in [1.82, 2.24) is 0 Å². The summed E-state index contributed by atoms with van der Waals surface area (Å²) < 4.78 is 1.94. The summed E-state index contributed by atoms with van der Waals surface area (Å²) in [5.41, 5.74) is 0.313. The molecule has 0 aliphatic carbocycles. The first-order valence-corrected chi connectivity index (χ1v) is 8.88. The predicted octanol–water partition coefficient (Wildman–Crippen LogP) is 0.329. The van der Waals surface area contributed by atoms with Gasteiger partial charge in [0.1, 0.15) is 0 Å².